The standard InChI is InChI=1S/C10H19N2O2/c1-4-14-10(13)7-12-8(2)5-11-6-9(12)3/h8-9H,4-7H2,1-3H3. The zero-order chi connectivity index (χ0) is 10.6. The Balaban J connectivity index is 2.43. The summed E-state index contributed by atoms with van der Waals surface area (Å²) in [6.07, 6.45) is 0. The fourth-order valence-electron chi connectivity index (χ4n) is 1.76. The molecule has 0 bridgehead atoms. The lowest BCUT2D eigenvalue weighted by Crippen LogP contribution is -2.54. The molecule has 2 unspecified atom stereocenters. The largest absolute Gasteiger partial charge is 0.465 e. The first-order valence-electron chi connectivity index (χ1n) is 5.19. The summed E-state index contributed by atoms with van der Waals surface area (Å²) >= 11 is 0. The molecule has 1 saturated heterocycles. The van der Waals surface area contributed by atoms with Crippen LogP contribution in [0.25, 0.3) is 0 Å². The molecule has 81 valence electrons. The highest BCUT2D eigenvalue weighted by molar-refractivity contribution is 5.71. The minimum absolute atomic E-state index is 0.131. The van der Waals surface area contributed by atoms with E-state index in [4.69, 9.17) is 4.74 Å². The first-order chi connectivity index (χ1) is 6.65. The molecular weight excluding hydrogens is 180 g/mol. The molecule has 1 aliphatic rings. The van der Waals surface area contributed by atoms with Gasteiger partial charge >= 0.3 is 5.97 Å². The number of hydrogen-bond donors (Lipinski definition) is 0. The van der Waals surface area contributed by atoms with E-state index < -0.39 is 0 Å². The summed E-state index contributed by atoms with van der Waals surface area (Å²) in [7, 11) is 0. The van der Waals surface area contributed by atoms with Crippen molar-refractivity contribution in [3.63, 3.8) is 0 Å². The number of piperazine rings is 1. The summed E-state index contributed by atoms with van der Waals surface area (Å²) in [6, 6.07) is 0.700. The molecule has 4 nitrogen and oxygen atoms in total. The molecule has 14 heavy (non-hydrogen) atoms. The molecule has 1 aliphatic heterocycles. The van der Waals surface area contributed by atoms with Crippen LogP contribution < -0.4 is 5.32 Å². The minimum atomic E-state index is -0.131. The number of hydrogen-bond acceptors (Lipinski definition) is 3. The lowest BCUT2D eigenvalue weighted by molar-refractivity contribution is -0.146. The summed E-state index contributed by atoms with van der Waals surface area (Å²) in [6.45, 7) is 8.52. The molecule has 0 spiro atoms. The van der Waals surface area contributed by atoms with E-state index in [0.717, 1.165) is 13.1 Å². The van der Waals surface area contributed by atoms with Gasteiger partial charge in [-0.3, -0.25) is 9.69 Å². The number of nitrogens with zero attached hydrogens (tertiary/aromatic N) is 2. The summed E-state index contributed by atoms with van der Waals surface area (Å²) in [5.74, 6) is -0.131. The Morgan fingerprint density at radius 1 is 1.43 bits per heavy atom. The second-order valence-electron chi connectivity index (χ2n) is 3.76. The van der Waals surface area contributed by atoms with E-state index in [1.54, 1.807) is 0 Å². The van der Waals surface area contributed by atoms with Gasteiger partial charge in [-0.05, 0) is 20.8 Å². The van der Waals surface area contributed by atoms with Crippen LogP contribution in [0.4, 0.5) is 0 Å². The van der Waals surface area contributed by atoms with E-state index in [1.807, 2.05) is 6.92 Å². The zero-order valence-electron chi connectivity index (χ0n) is 9.19. The van der Waals surface area contributed by atoms with Gasteiger partial charge in [0.15, 0.2) is 0 Å². The van der Waals surface area contributed by atoms with E-state index in [-0.39, 0.29) is 5.97 Å². The Morgan fingerprint density at radius 2 is 2.00 bits per heavy atom. The van der Waals surface area contributed by atoms with E-state index >= 15 is 0 Å². The summed E-state index contributed by atoms with van der Waals surface area (Å²) in [5, 5.41) is 4.35. The van der Waals surface area contributed by atoms with Crippen LogP contribution in [-0.2, 0) is 9.53 Å². The number of carbonyl (C=O) groups is 1. The van der Waals surface area contributed by atoms with E-state index in [9.17, 15) is 4.79 Å². The van der Waals surface area contributed by atoms with E-state index in [1.165, 1.54) is 0 Å². The minimum Gasteiger partial charge on any atom is -0.465 e. The molecule has 0 saturated carbocycles. The Kier molecular flexibility index (Phi) is 4.35. The normalized spacial score (nSPS) is 28.8. The average Bonchev–Trinajstić information content (AvgIpc) is 2.12. The van der Waals surface area contributed by atoms with Crippen LogP contribution in [0.2, 0.25) is 0 Å². The van der Waals surface area contributed by atoms with Crippen LogP contribution in [0.15, 0.2) is 0 Å². The molecule has 0 amide bonds. The van der Waals surface area contributed by atoms with Crippen molar-refractivity contribution < 1.29 is 9.53 Å². The second-order valence-corrected chi connectivity index (χ2v) is 3.76. The third-order valence-corrected chi connectivity index (χ3v) is 2.54. The highest BCUT2D eigenvalue weighted by Gasteiger charge is 2.27. The van der Waals surface area contributed by atoms with E-state index in [2.05, 4.69) is 24.1 Å². The van der Waals surface area contributed by atoms with Gasteiger partial charge in [0, 0.05) is 25.2 Å². The fraction of sp³-hybridized carbons (Fsp3) is 0.900. The van der Waals surface area contributed by atoms with E-state index in [0.29, 0.717) is 25.2 Å². The third-order valence-electron chi connectivity index (χ3n) is 2.54. The maximum absolute atomic E-state index is 11.3. The second kappa shape index (κ2) is 5.32. The molecule has 0 aromatic rings. The quantitative estimate of drug-likeness (QED) is 0.612. The average molecular weight is 199 g/mol. The van der Waals surface area contributed by atoms with Crippen LogP contribution in [0, 0.1) is 0 Å². The van der Waals surface area contributed by atoms with Gasteiger partial charge in [0.2, 0.25) is 0 Å². The van der Waals surface area contributed by atoms with Gasteiger partial charge in [0.25, 0.3) is 0 Å². The van der Waals surface area contributed by atoms with Gasteiger partial charge in [-0.15, -0.1) is 0 Å². The molecule has 1 radical (unpaired) electrons. The van der Waals surface area contributed by atoms with Crippen LogP contribution in [-0.4, -0.2) is 49.2 Å². The first kappa shape index (κ1) is 11.5. The van der Waals surface area contributed by atoms with Crippen molar-refractivity contribution in [3.8, 4) is 0 Å². The highest BCUT2D eigenvalue weighted by Crippen LogP contribution is 2.09. The van der Waals surface area contributed by atoms with Crippen LogP contribution >= 0.6 is 0 Å². The molecule has 2 atom stereocenters. The Hall–Kier alpha value is -0.610. The molecule has 0 aromatic heterocycles. The van der Waals surface area contributed by atoms with Crippen molar-refractivity contribution >= 4 is 5.97 Å². The Labute approximate surface area is 85.6 Å². The first-order valence-corrected chi connectivity index (χ1v) is 5.19. The van der Waals surface area contributed by atoms with Crippen molar-refractivity contribution in [3.05, 3.63) is 0 Å². The molecule has 0 N–H and O–H groups in total. The number of ether oxygens (including phenoxy) is 1. The van der Waals surface area contributed by atoms with Crippen molar-refractivity contribution in [2.24, 2.45) is 0 Å². The van der Waals surface area contributed by atoms with Crippen LogP contribution in [0.3, 0.4) is 0 Å². The van der Waals surface area contributed by atoms with Crippen molar-refractivity contribution in [1.29, 1.82) is 0 Å². The molecule has 0 aliphatic carbocycles. The van der Waals surface area contributed by atoms with Crippen molar-refractivity contribution in [1.82, 2.24) is 10.2 Å². The van der Waals surface area contributed by atoms with Gasteiger partial charge in [0.1, 0.15) is 0 Å². The zero-order valence-corrected chi connectivity index (χ0v) is 9.19. The molecule has 1 rings (SSSR count). The lowest BCUT2D eigenvalue weighted by Gasteiger charge is -2.37. The van der Waals surface area contributed by atoms with Crippen LogP contribution in [0.1, 0.15) is 20.8 Å². The van der Waals surface area contributed by atoms with Gasteiger partial charge in [-0.1, -0.05) is 0 Å². The SMILES string of the molecule is CCOC(=O)CN1C(C)C[N]CC1C. The molecule has 4 heteroatoms. The van der Waals surface area contributed by atoms with Crippen molar-refractivity contribution in [2.75, 3.05) is 26.2 Å². The van der Waals surface area contributed by atoms with Gasteiger partial charge < -0.3 is 4.74 Å². The highest BCUT2D eigenvalue weighted by atomic mass is 16.5. The summed E-state index contributed by atoms with van der Waals surface area (Å²) in [5.41, 5.74) is 0. The predicted molar refractivity (Wildman–Crippen MR) is 54.1 cm³/mol. The predicted octanol–water partition coefficient (Wildman–Crippen LogP) is 0.246. The smallest absolute Gasteiger partial charge is 0.320 e. The molecular formula is C10H19N2O2. The lowest BCUT2D eigenvalue weighted by atomic mass is 10.1. The Bertz CT molecular complexity index is 187. The fourth-order valence-corrected chi connectivity index (χ4v) is 1.76. The number of carbonyl (C=O) groups excluding carboxylic acids is 1. The molecule has 1 heterocycles. The number of esters is 1. The van der Waals surface area contributed by atoms with Crippen molar-refractivity contribution in [2.45, 2.75) is 32.9 Å². The summed E-state index contributed by atoms with van der Waals surface area (Å²) < 4.78 is 4.93. The summed E-state index contributed by atoms with van der Waals surface area (Å²) in [4.78, 5) is 13.5. The molecule has 0 aromatic carbocycles. The van der Waals surface area contributed by atoms with Gasteiger partial charge in [-0.25, -0.2) is 5.32 Å². The van der Waals surface area contributed by atoms with Crippen LogP contribution in [0.5, 0.6) is 0 Å². The Morgan fingerprint density at radius 3 is 2.50 bits per heavy atom. The topological polar surface area (TPSA) is 43.6 Å². The maximum atomic E-state index is 11.3. The van der Waals surface area contributed by atoms with Gasteiger partial charge in [0.05, 0.1) is 13.2 Å². The third kappa shape index (κ3) is 2.96. The molecule has 1 fully saturated rings. The maximum Gasteiger partial charge on any atom is 0.320 e. The monoisotopic (exact) mass is 199 g/mol. The van der Waals surface area contributed by atoms with Gasteiger partial charge in [-0.2, -0.15) is 0 Å². The number of rotatable bonds is 3.